The maximum atomic E-state index is 12.1. The zero-order valence-electron chi connectivity index (χ0n) is 15.7. The monoisotopic (exact) mass is 373 g/mol. The normalized spacial score (nSPS) is 15.8. The van der Waals surface area contributed by atoms with Crippen molar-refractivity contribution < 1.29 is 9.53 Å². The Morgan fingerprint density at radius 2 is 1.96 bits per heavy atom. The molecule has 1 aliphatic rings. The van der Waals surface area contributed by atoms with Crippen LogP contribution in [0.15, 0.2) is 24.3 Å². The number of piperidine rings is 1. The van der Waals surface area contributed by atoms with Crippen LogP contribution in [0.3, 0.4) is 0 Å². The fourth-order valence-corrected chi connectivity index (χ4v) is 4.01. The van der Waals surface area contributed by atoms with Crippen molar-refractivity contribution in [3.63, 3.8) is 0 Å². The molecule has 1 N–H and O–H groups in total. The molecular formula is C20H27N3O2S. The first kappa shape index (κ1) is 18.9. The first-order chi connectivity index (χ1) is 12.5. The number of rotatable bonds is 6. The third-order valence-electron chi connectivity index (χ3n) is 4.77. The van der Waals surface area contributed by atoms with Gasteiger partial charge in [0.1, 0.15) is 5.75 Å². The summed E-state index contributed by atoms with van der Waals surface area (Å²) in [5.41, 5.74) is 2.17. The molecule has 0 atom stereocenters. The quantitative estimate of drug-likeness (QED) is 0.831. The Kier molecular flexibility index (Phi) is 6.27. The number of hydrogen-bond acceptors (Lipinski definition) is 5. The Bertz CT molecular complexity index is 734. The van der Waals surface area contributed by atoms with Crippen molar-refractivity contribution in [3.05, 3.63) is 40.4 Å². The topological polar surface area (TPSA) is 54.5 Å². The lowest BCUT2D eigenvalue weighted by Gasteiger charge is -2.29. The van der Waals surface area contributed by atoms with Gasteiger partial charge in [-0.15, -0.1) is 11.3 Å². The van der Waals surface area contributed by atoms with E-state index in [1.54, 1.807) is 11.3 Å². The van der Waals surface area contributed by atoms with Crippen molar-refractivity contribution in [2.75, 3.05) is 25.0 Å². The summed E-state index contributed by atoms with van der Waals surface area (Å²) < 4.78 is 5.52. The minimum absolute atomic E-state index is 0.0129. The third kappa shape index (κ3) is 5.29. The van der Waals surface area contributed by atoms with Crippen LogP contribution in [0.2, 0.25) is 0 Å². The number of benzene rings is 1. The van der Waals surface area contributed by atoms with Gasteiger partial charge in [0.25, 0.3) is 5.91 Å². The number of nitrogens with zero attached hydrogens (tertiary/aromatic N) is 2. The van der Waals surface area contributed by atoms with E-state index in [4.69, 9.17) is 4.74 Å². The molecule has 2 aromatic rings. The smallest absolute Gasteiger partial charge is 0.264 e. The lowest BCUT2D eigenvalue weighted by atomic mass is 9.99. The standard InChI is InChI=1S/C20H27N3O2S/c1-14-4-6-17(7-5-14)25-13-19(24)22-20-21-16(3)18(26-20)12-23-10-8-15(2)9-11-23/h4-7,15H,8-13H2,1-3H3,(H,21,22,24). The van der Waals surface area contributed by atoms with Crippen LogP contribution in [-0.2, 0) is 11.3 Å². The van der Waals surface area contributed by atoms with Crippen LogP contribution < -0.4 is 10.1 Å². The van der Waals surface area contributed by atoms with Gasteiger partial charge in [-0.05, 0) is 57.8 Å². The highest BCUT2D eigenvalue weighted by Gasteiger charge is 2.18. The number of carbonyl (C=O) groups excluding carboxylic acids is 1. The molecule has 1 fully saturated rings. The highest BCUT2D eigenvalue weighted by molar-refractivity contribution is 7.15. The predicted octanol–water partition coefficient (Wildman–Crippen LogP) is 4.01. The van der Waals surface area contributed by atoms with Crippen molar-refractivity contribution in [2.45, 2.75) is 40.2 Å². The van der Waals surface area contributed by atoms with Gasteiger partial charge < -0.3 is 4.74 Å². The van der Waals surface area contributed by atoms with Crippen LogP contribution in [0.1, 0.15) is 35.9 Å². The highest BCUT2D eigenvalue weighted by atomic mass is 32.1. The summed E-state index contributed by atoms with van der Waals surface area (Å²) >= 11 is 1.57. The summed E-state index contributed by atoms with van der Waals surface area (Å²) in [6.07, 6.45) is 2.52. The van der Waals surface area contributed by atoms with Crippen molar-refractivity contribution in [1.82, 2.24) is 9.88 Å². The van der Waals surface area contributed by atoms with E-state index in [9.17, 15) is 4.79 Å². The number of aryl methyl sites for hydroxylation is 2. The number of nitrogens with one attached hydrogen (secondary N) is 1. The number of aromatic nitrogens is 1. The average molecular weight is 374 g/mol. The average Bonchev–Trinajstić information content (AvgIpc) is 2.95. The Balaban J connectivity index is 1.50. The molecule has 0 bridgehead atoms. The van der Waals surface area contributed by atoms with Crippen molar-refractivity contribution in [1.29, 1.82) is 0 Å². The SMILES string of the molecule is Cc1ccc(OCC(=O)Nc2nc(C)c(CN3CCC(C)CC3)s2)cc1. The van der Waals surface area contributed by atoms with E-state index >= 15 is 0 Å². The minimum Gasteiger partial charge on any atom is -0.484 e. The van der Waals surface area contributed by atoms with Gasteiger partial charge in [0.2, 0.25) is 0 Å². The van der Waals surface area contributed by atoms with E-state index in [0.29, 0.717) is 10.9 Å². The Morgan fingerprint density at radius 1 is 1.27 bits per heavy atom. The molecule has 0 spiro atoms. The molecule has 1 aromatic heterocycles. The molecule has 1 aromatic carbocycles. The summed E-state index contributed by atoms with van der Waals surface area (Å²) in [4.78, 5) is 20.3. The molecule has 2 heterocycles. The van der Waals surface area contributed by atoms with E-state index in [2.05, 4.69) is 22.1 Å². The van der Waals surface area contributed by atoms with Gasteiger partial charge in [0, 0.05) is 11.4 Å². The molecule has 26 heavy (non-hydrogen) atoms. The number of carbonyl (C=O) groups is 1. The van der Waals surface area contributed by atoms with Gasteiger partial charge in [-0.1, -0.05) is 24.6 Å². The summed E-state index contributed by atoms with van der Waals surface area (Å²) in [6.45, 7) is 9.55. The van der Waals surface area contributed by atoms with Gasteiger partial charge in [-0.25, -0.2) is 4.98 Å². The molecule has 1 saturated heterocycles. The second-order valence-corrected chi connectivity index (χ2v) is 8.22. The number of likely N-dealkylation sites (tertiary alicyclic amines) is 1. The molecule has 1 amide bonds. The molecule has 0 unspecified atom stereocenters. The van der Waals surface area contributed by atoms with E-state index in [-0.39, 0.29) is 12.5 Å². The van der Waals surface area contributed by atoms with E-state index < -0.39 is 0 Å². The number of anilines is 1. The minimum atomic E-state index is -0.183. The van der Waals surface area contributed by atoms with Crippen molar-refractivity contribution in [3.8, 4) is 5.75 Å². The number of hydrogen-bond donors (Lipinski definition) is 1. The number of amides is 1. The molecule has 1 aliphatic heterocycles. The maximum Gasteiger partial charge on any atom is 0.264 e. The second kappa shape index (κ2) is 8.64. The van der Waals surface area contributed by atoms with Crippen LogP contribution >= 0.6 is 11.3 Å². The van der Waals surface area contributed by atoms with E-state index in [1.165, 1.54) is 17.7 Å². The van der Waals surface area contributed by atoms with E-state index in [0.717, 1.165) is 36.8 Å². The van der Waals surface area contributed by atoms with Crippen LogP contribution in [0.4, 0.5) is 5.13 Å². The van der Waals surface area contributed by atoms with Gasteiger partial charge in [0.15, 0.2) is 11.7 Å². The number of ether oxygens (including phenoxy) is 1. The van der Waals surface area contributed by atoms with Crippen LogP contribution in [0.25, 0.3) is 0 Å². The third-order valence-corrected chi connectivity index (χ3v) is 5.83. The zero-order chi connectivity index (χ0) is 18.5. The van der Waals surface area contributed by atoms with E-state index in [1.807, 2.05) is 38.1 Å². The summed E-state index contributed by atoms with van der Waals surface area (Å²) in [5, 5.41) is 3.51. The van der Waals surface area contributed by atoms with Gasteiger partial charge in [-0.3, -0.25) is 15.0 Å². The first-order valence-corrected chi connectivity index (χ1v) is 9.99. The van der Waals surface area contributed by atoms with Gasteiger partial charge in [0.05, 0.1) is 5.69 Å². The van der Waals surface area contributed by atoms with Crippen LogP contribution in [0, 0.1) is 19.8 Å². The maximum absolute atomic E-state index is 12.1. The van der Waals surface area contributed by atoms with Crippen molar-refractivity contribution >= 4 is 22.4 Å². The Labute approximate surface area is 159 Å². The fourth-order valence-electron chi connectivity index (χ4n) is 2.99. The molecule has 6 heteroatoms. The summed E-state index contributed by atoms with van der Waals surface area (Å²) in [5.74, 6) is 1.34. The second-order valence-electron chi connectivity index (χ2n) is 7.14. The molecule has 3 rings (SSSR count). The van der Waals surface area contributed by atoms with Crippen LogP contribution in [0.5, 0.6) is 5.75 Å². The Morgan fingerprint density at radius 3 is 2.65 bits per heavy atom. The molecule has 140 valence electrons. The zero-order valence-corrected chi connectivity index (χ0v) is 16.6. The Hall–Kier alpha value is -1.92. The predicted molar refractivity (Wildman–Crippen MR) is 106 cm³/mol. The molecule has 5 nitrogen and oxygen atoms in total. The van der Waals surface area contributed by atoms with Crippen molar-refractivity contribution in [2.24, 2.45) is 5.92 Å². The lowest BCUT2D eigenvalue weighted by Crippen LogP contribution is -2.32. The molecule has 0 radical (unpaired) electrons. The lowest BCUT2D eigenvalue weighted by molar-refractivity contribution is -0.118. The van der Waals surface area contributed by atoms with Gasteiger partial charge >= 0.3 is 0 Å². The molecule has 0 saturated carbocycles. The summed E-state index contributed by atoms with van der Waals surface area (Å²) in [7, 11) is 0. The fraction of sp³-hybridized carbons (Fsp3) is 0.500. The van der Waals surface area contributed by atoms with Gasteiger partial charge in [-0.2, -0.15) is 0 Å². The molecular weight excluding hydrogens is 346 g/mol. The highest BCUT2D eigenvalue weighted by Crippen LogP contribution is 2.26. The van der Waals surface area contributed by atoms with Crippen LogP contribution in [-0.4, -0.2) is 35.5 Å². The summed E-state index contributed by atoms with van der Waals surface area (Å²) in [6, 6.07) is 7.66. The number of thiazole rings is 1. The first-order valence-electron chi connectivity index (χ1n) is 9.17. The largest absolute Gasteiger partial charge is 0.484 e. The molecule has 0 aliphatic carbocycles.